The lowest BCUT2D eigenvalue weighted by Gasteiger charge is -2.30. The fraction of sp³-hybridized carbons (Fsp3) is 1.00. The molecule has 1 saturated heterocycles. The Morgan fingerprint density at radius 2 is 2.25 bits per heavy atom. The summed E-state index contributed by atoms with van der Waals surface area (Å²) in [5.74, 6) is -3.17. The van der Waals surface area contributed by atoms with E-state index in [9.17, 15) is 13.9 Å². The number of rotatable bonds is 2. The normalized spacial score (nSPS) is 32.8. The first-order valence-electron chi connectivity index (χ1n) is 3.90. The van der Waals surface area contributed by atoms with Gasteiger partial charge in [0.15, 0.2) is 0 Å². The highest BCUT2D eigenvalue weighted by Gasteiger charge is 2.54. The molecule has 0 bridgehead atoms. The van der Waals surface area contributed by atoms with Crippen molar-refractivity contribution in [2.45, 2.75) is 17.9 Å². The molecule has 72 valence electrons. The van der Waals surface area contributed by atoms with Crippen LogP contribution in [0.4, 0.5) is 8.78 Å². The molecule has 0 spiro atoms. The Morgan fingerprint density at radius 3 is 2.58 bits per heavy atom. The topological polar surface area (TPSA) is 49.5 Å². The summed E-state index contributed by atoms with van der Waals surface area (Å²) in [6.07, 6.45) is 0.0910. The van der Waals surface area contributed by atoms with Gasteiger partial charge in [-0.3, -0.25) is 0 Å². The number of likely N-dealkylation sites (N-methyl/N-ethyl adjacent to an activating group) is 1. The summed E-state index contributed by atoms with van der Waals surface area (Å²) in [5, 5.41) is 9.52. The molecule has 0 aromatic rings. The van der Waals surface area contributed by atoms with Crippen molar-refractivity contribution in [2.24, 2.45) is 5.73 Å². The molecule has 0 aromatic carbocycles. The summed E-state index contributed by atoms with van der Waals surface area (Å²) < 4.78 is 26.0. The maximum Gasteiger partial charge on any atom is 0.289 e. The fourth-order valence-electron chi connectivity index (χ4n) is 1.47. The van der Waals surface area contributed by atoms with Gasteiger partial charge in [-0.15, -0.1) is 0 Å². The van der Waals surface area contributed by atoms with Gasteiger partial charge >= 0.3 is 0 Å². The number of nitrogens with two attached hydrogens (primary N) is 1. The van der Waals surface area contributed by atoms with Crippen LogP contribution in [0.15, 0.2) is 0 Å². The Morgan fingerprint density at radius 1 is 1.67 bits per heavy atom. The molecule has 1 fully saturated rings. The molecule has 1 unspecified atom stereocenters. The van der Waals surface area contributed by atoms with E-state index in [0.717, 1.165) is 0 Å². The van der Waals surface area contributed by atoms with Crippen molar-refractivity contribution in [3.8, 4) is 0 Å². The molecule has 0 radical (unpaired) electrons. The van der Waals surface area contributed by atoms with E-state index >= 15 is 0 Å². The van der Waals surface area contributed by atoms with Crippen LogP contribution in [0.1, 0.15) is 6.42 Å². The summed E-state index contributed by atoms with van der Waals surface area (Å²) in [4.78, 5) is 1.67. The Kier molecular flexibility index (Phi) is 2.38. The van der Waals surface area contributed by atoms with E-state index in [1.54, 1.807) is 11.9 Å². The molecule has 1 atom stereocenters. The molecule has 1 aliphatic heterocycles. The van der Waals surface area contributed by atoms with Crippen LogP contribution in [0.2, 0.25) is 0 Å². The van der Waals surface area contributed by atoms with Crippen LogP contribution >= 0.6 is 0 Å². The summed E-state index contributed by atoms with van der Waals surface area (Å²) in [7, 11) is 1.70. The van der Waals surface area contributed by atoms with Gasteiger partial charge in [-0.05, 0) is 13.5 Å². The molecule has 1 heterocycles. The van der Waals surface area contributed by atoms with Crippen molar-refractivity contribution >= 4 is 0 Å². The minimum atomic E-state index is -3.17. The van der Waals surface area contributed by atoms with Crippen LogP contribution in [-0.2, 0) is 0 Å². The molecule has 5 heteroatoms. The first-order chi connectivity index (χ1) is 5.41. The predicted octanol–water partition coefficient (Wildman–Crippen LogP) is -0.353. The molecule has 0 aromatic heterocycles. The zero-order chi connectivity index (χ0) is 9.41. The van der Waals surface area contributed by atoms with E-state index in [2.05, 4.69) is 0 Å². The van der Waals surface area contributed by atoms with Crippen LogP contribution in [-0.4, -0.2) is 48.2 Å². The summed E-state index contributed by atoms with van der Waals surface area (Å²) in [6.45, 7) is -0.305. The SMILES string of the molecule is CN1CCC(O)(C(F)(F)CN)C1. The van der Waals surface area contributed by atoms with Gasteiger partial charge in [-0.1, -0.05) is 0 Å². The van der Waals surface area contributed by atoms with E-state index in [-0.39, 0.29) is 13.0 Å². The van der Waals surface area contributed by atoms with Gasteiger partial charge < -0.3 is 15.7 Å². The fourth-order valence-corrected chi connectivity index (χ4v) is 1.47. The molecule has 1 aliphatic rings. The molecular formula is C7H14F2N2O. The number of nitrogens with zero attached hydrogens (tertiary/aromatic N) is 1. The molecule has 12 heavy (non-hydrogen) atoms. The Bertz CT molecular complexity index is 177. The monoisotopic (exact) mass is 180 g/mol. The largest absolute Gasteiger partial charge is 0.382 e. The molecule has 3 N–H and O–H groups in total. The lowest BCUT2D eigenvalue weighted by molar-refractivity contribution is -0.166. The van der Waals surface area contributed by atoms with Crippen molar-refractivity contribution in [1.82, 2.24) is 4.90 Å². The quantitative estimate of drug-likeness (QED) is 0.610. The van der Waals surface area contributed by atoms with Crippen LogP contribution in [0, 0.1) is 0 Å². The number of aliphatic hydroxyl groups is 1. The first kappa shape index (κ1) is 9.83. The third kappa shape index (κ3) is 1.44. The minimum absolute atomic E-state index is 0.00278. The number of alkyl halides is 2. The van der Waals surface area contributed by atoms with Gasteiger partial charge in [0.2, 0.25) is 0 Å². The highest BCUT2D eigenvalue weighted by Crippen LogP contribution is 2.35. The number of hydrogen-bond donors (Lipinski definition) is 2. The van der Waals surface area contributed by atoms with Crippen LogP contribution in [0.5, 0.6) is 0 Å². The average Bonchev–Trinajstić information content (AvgIpc) is 2.33. The standard InChI is InChI=1S/C7H14F2N2O/c1-11-3-2-6(12,5-11)7(8,9)4-10/h12H,2-5,10H2,1H3. The lowest BCUT2D eigenvalue weighted by atomic mass is 9.95. The van der Waals surface area contributed by atoms with Crippen LogP contribution in [0.3, 0.4) is 0 Å². The van der Waals surface area contributed by atoms with E-state index in [1.165, 1.54) is 0 Å². The van der Waals surface area contributed by atoms with E-state index in [4.69, 9.17) is 5.73 Å². The molecular weight excluding hydrogens is 166 g/mol. The third-order valence-corrected chi connectivity index (χ3v) is 2.38. The predicted molar refractivity (Wildman–Crippen MR) is 41.1 cm³/mol. The van der Waals surface area contributed by atoms with Gasteiger partial charge in [-0.25, -0.2) is 8.78 Å². The number of β-amino-alcohol motifs (C(OH)–C–C–N with tert-alkyl or cyclic N) is 1. The molecule has 1 rings (SSSR count). The highest BCUT2D eigenvalue weighted by molar-refractivity contribution is 5.00. The average molecular weight is 180 g/mol. The summed E-state index contributed by atoms with van der Waals surface area (Å²) >= 11 is 0. The van der Waals surface area contributed by atoms with Gasteiger partial charge in [-0.2, -0.15) is 0 Å². The van der Waals surface area contributed by atoms with Gasteiger partial charge in [0, 0.05) is 13.1 Å². The smallest absolute Gasteiger partial charge is 0.289 e. The van der Waals surface area contributed by atoms with Crippen LogP contribution in [0.25, 0.3) is 0 Å². The van der Waals surface area contributed by atoms with E-state index < -0.39 is 18.1 Å². The zero-order valence-corrected chi connectivity index (χ0v) is 7.06. The molecule has 0 aliphatic carbocycles. The van der Waals surface area contributed by atoms with Gasteiger partial charge in [0.05, 0.1) is 6.54 Å². The second kappa shape index (κ2) is 2.90. The Balaban J connectivity index is 2.72. The lowest BCUT2D eigenvalue weighted by Crippen LogP contribution is -2.53. The highest BCUT2D eigenvalue weighted by atomic mass is 19.3. The molecule has 0 amide bonds. The Labute approximate surface area is 70.1 Å². The van der Waals surface area contributed by atoms with Crippen molar-refractivity contribution in [3.63, 3.8) is 0 Å². The number of halogens is 2. The second-order valence-corrected chi connectivity index (χ2v) is 3.43. The van der Waals surface area contributed by atoms with Crippen molar-refractivity contribution in [1.29, 1.82) is 0 Å². The summed E-state index contributed by atoms with van der Waals surface area (Å²) in [5.41, 5.74) is 2.97. The van der Waals surface area contributed by atoms with Gasteiger partial charge in [0.25, 0.3) is 5.92 Å². The van der Waals surface area contributed by atoms with Gasteiger partial charge in [0.1, 0.15) is 5.60 Å². The van der Waals surface area contributed by atoms with Crippen molar-refractivity contribution < 1.29 is 13.9 Å². The minimum Gasteiger partial charge on any atom is -0.382 e. The maximum atomic E-state index is 13.0. The number of hydrogen-bond acceptors (Lipinski definition) is 3. The van der Waals surface area contributed by atoms with Crippen LogP contribution < -0.4 is 5.73 Å². The molecule has 0 saturated carbocycles. The number of likely N-dealkylation sites (tertiary alicyclic amines) is 1. The third-order valence-electron chi connectivity index (χ3n) is 2.38. The zero-order valence-electron chi connectivity index (χ0n) is 7.06. The van der Waals surface area contributed by atoms with Crippen molar-refractivity contribution in [3.05, 3.63) is 0 Å². The van der Waals surface area contributed by atoms with Crippen molar-refractivity contribution in [2.75, 3.05) is 26.7 Å². The molecule has 3 nitrogen and oxygen atoms in total. The second-order valence-electron chi connectivity index (χ2n) is 3.43. The first-order valence-corrected chi connectivity index (χ1v) is 3.90. The maximum absolute atomic E-state index is 13.0. The Hall–Kier alpha value is -0.260. The van der Waals surface area contributed by atoms with E-state index in [1.807, 2.05) is 0 Å². The summed E-state index contributed by atoms with van der Waals surface area (Å²) in [6, 6.07) is 0. The van der Waals surface area contributed by atoms with E-state index in [0.29, 0.717) is 6.54 Å².